The van der Waals surface area contributed by atoms with E-state index < -0.39 is 22.0 Å². The normalized spacial score (nSPS) is 10.9. The summed E-state index contributed by atoms with van der Waals surface area (Å²) in [6, 6.07) is 4.25. The first-order chi connectivity index (χ1) is 9.30. The second-order valence-electron chi connectivity index (χ2n) is 3.97. The molecule has 0 fully saturated rings. The zero-order chi connectivity index (χ0) is 15.3. The van der Waals surface area contributed by atoms with Gasteiger partial charge in [0.1, 0.15) is 0 Å². The fourth-order valence-electron chi connectivity index (χ4n) is 1.44. The monoisotopic (exact) mass is 318 g/mol. The van der Waals surface area contributed by atoms with Crippen LogP contribution in [0, 0.1) is 0 Å². The Kier molecular flexibility index (Phi) is 5.52. The Morgan fingerprint density at radius 3 is 2.25 bits per heavy atom. The van der Waals surface area contributed by atoms with Crippen molar-refractivity contribution in [1.29, 1.82) is 0 Å². The van der Waals surface area contributed by atoms with Crippen molar-refractivity contribution < 1.29 is 18.0 Å². The molecule has 1 aromatic rings. The summed E-state index contributed by atoms with van der Waals surface area (Å²) in [6.45, 7) is 3.10. The van der Waals surface area contributed by atoms with Gasteiger partial charge in [0.25, 0.3) is 10.0 Å². The number of amides is 3. The number of hydrogen-bond donors (Lipinski definition) is 1. The van der Waals surface area contributed by atoms with Gasteiger partial charge in [0.15, 0.2) is 0 Å². The lowest BCUT2D eigenvalue weighted by Gasteiger charge is -2.19. The molecule has 0 aliphatic rings. The number of carbonyl (C=O) groups is 2. The molecule has 0 heterocycles. The van der Waals surface area contributed by atoms with E-state index in [4.69, 9.17) is 11.6 Å². The number of nitrogens with zero attached hydrogens (tertiary/aromatic N) is 1. The van der Waals surface area contributed by atoms with Crippen molar-refractivity contribution in [1.82, 2.24) is 9.62 Å². The second kappa shape index (κ2) is 6.71. The topological polar surface area (TPSA) is 83.6 Å². The molecule has 0 unspecified atom stereocenters. The number of imide groups is 1. The van der Waals surface area contributed by atoms with E-state index in [0.717, 1.165) is 6.92 Å². The number of carbonyl (C=O) groups excluding carboxylic acids is 2. The highest BCUT2D eigenvalue weighted by molar-refractivity contribution is 7.90. The highest BCUT2D eigenvalue weighted by Crippen LogP contribution is 2.18. The maximum atomic E-state index is 12.3. The van der Waals surface area contributed by atoms with Crippen LogP contribution in [0.15, 0.2) is 29.2 Å². The maximum absolute atomic E-state index is 12.3. The van der Waals surface area contributed by atoms with Gasteiger partial charge in [0.2, 0.25) is 5.91 Å². The summed E-state index contributed by atoms with van der Waals surface area (Å²) in [6.07, 6.45) is 0.623. The van der Waals surface area contributed by atoms with Gasteiger partial charge in [-0.15, -0.1) is 0 Å². The van der Waals surface area contributed by atoms with E-state index in [1.165, 1.54) is 24.3 Å². The largest absolute Gasteiger partial charge is 0.338 e. The Morgan fingerprint density at radius 1 is 1.25 bits per heavy atom. The quantitative estimate of drug-likeness (QED) is 0.920. The molecule has 8 heteroatoms. The van der Waals surface area contributed by atoms with Crippen LogP contribution in [0.25, 0.3) is 0 Å². The highest BCUT2D eigenvalue weighted by atomic mass is 35.5. The molecule has 0 spiro atoms. The lowest BCUT2D eigenvalue weighted by atomic mass is 10.4. The van der Waals surface area contributed by atoms with E-state index in [-0.39, 0.29) is 15.7 Å². The predicted molar refractivity (Wildman–Crippen MR) is 74.8 cm³/mol. The summed E-state index contributed by atoms with van der Waals surface area (Å²) in [5.74, 6) is -0.881. The first kappa shape index (κ1) is 16.5. The van der Waals surface area contributed by atoms with Gasteiger partial charge in [0, 0.05) is 18.5 Å². The Balaban J connectivity index is 3.16. The number of sulfonamides is 1. The van der Waals surface area contributed by atoms with E-state index in [2.05, 4.69) is 5.32 Å². The molecule has 1 N–H and O–H groups in total. The number of urea groups is 1. The Labute approximate surface area is 122 Å². The third-order valence-electron chi connectivity index (χ3n) is 2.35. The Hall–Kier alpha value is -1.60. The lowest BCUT2D eigenvalue weighted by Crippen LogP contribution is -2.46. The molecule has 0 saturated heterocycles. The zero-order valence-corrected chi connectivity index (χ0v) is 12.7. The number of nitrogens with one attached hydrogen (secondary N) is 1. The van der Waals surface area contributed by atoms with Gasteiger partial charge in [-0.05, 0) is 30.7 Å². The van der Waals surface area contributed by atoms with Gasteiger partial charge < -0.3 is 5.32 Å². The summed E-state index contributed by atoms with van der Waals surface area (Å²) >= 11 is 5.68. The van der Waals surface area contributed by atoms with E-state index in [1.54, 1.807) is 0 Å². The molecule has 1 aromatic carbocycles. The van der Waals surface area contributed by atoms with Crippen molar-refractivity contribution in [3.63, 3.8) is 0 Å². The van der Waals surface area contributed by atoms with Crippen molar-refractivity contribution >= 4 is 33.6 Å². The van der Waals surface area contributed by atoms with Crippen molar-refractivity contribution in [3.05, 3.63) is 29.3 Å². The van der Waals surface area contributed by atoms with Gasteiger partial charge in [-0.1, -0.05) is 18.5 Å². The lowest BCUT2D eigenvalue weighted by molar-refractivity contribution is -0.122. The molecular formula is C12H15ClN2O4S. The van der Waals surface area contributed by atoms with Crippen LogP contribution >= 0.6 is 11.6 Å². The van der Waals surface area contributed by atoms with Crippen LogP contribution < -0.4 is 5.32 Å². The molecule has 20 heavy (non-hydrogen) atoms. The van der Waals surface area contributed by atoms with Crippen LogP contribution in [-0.4, -0.2) is 31.2 Å². The van der Waals surface area contributed by atoms with Crippen molar-refractivity contribution in [2.24, 2.45) is 0 Å². The molecule has 1 rings (SSSR count). The molecule has 0 aliphatic heterocycles. The SMILES string of the molecule is CCCNC(=O)N(C(C)=O)S(=O)(=O)c1ccc(Cl)cc1. The predicted octanol–water partition coefficient (Wildman–Crippen LogP) is 2.00. The minimum Gasteiger partial charge on any atom is -0.337 e. The fourth-order valence-corrected chi connectivity index (χ4v) is 2.88. The van der Waals surface area contributed by atoms with Crippen LogP contribution in [0.3, 0.4) is 0 Å². The minimum atomic E-state index is -4.23. The Bertz CT molecular complexity index is 598. The van der Waals surface area contributed by atoms with Gasteiger partial charge in [-0.3, -0.25) is 4.79 Å². The van der Waals surface area contributed by atoms with Crippen molar-refractivity contribution in [2.45, 2.75) is 25.2 Å². The third-order valence-corrected chi connectivity index (χ3v) is 4.37. The summed E-state index contributed by atoms with van der Waals surface area (Å²) < 4.78 is 24.8. The standard InChI is InChI=1S/C12H15ClN2O4S/c1-3-8-14-12(17)15(9(2)16)20(18,19)11-6-4-10(13)5-7-11/h4-7H,3,8H2,1-2H3,(H,14,17). The molecule has 0 radical (unpaired) electrons. The second-order valence-corrected chi connectivity index (χ2v) is 6.20. The molecule has 0 aliphatic carbocycles. The summed E-state index contributed by atoms with van der Waals surface area (Å²) in [4.78, 5) is 23.1. The summed E-state index contributed by atoms with van der Waals surface area (Å²) in [5, 5.41) is 2.72. The zero-order valence-electron chi connectivity index (χ0n) is 11.1. The van der Waals surface area contributed by atoms with Crippen molar-refractivity contribution in [2.75, 3.05) is 6.54 Å². The van der Waals surface area contributed by atoms with Gasteiger partial charge in [-0.2, -0.15) is 4.31 Å². The van der Waals surface area contributed by atoms with Crippen LogP contribution in [0.1, 0.15) is 20.3 Å². The summed E-state index contributed by atoms with van der Waals surface area (Å²) in [7, 11) is -4.23. The highest BCUT2D eigenvalue weighted by Gasteiger charge is 2.32. The average Bonchev–Trinajstić information content (AvgIpc) is 2.36. The molecule has 3 amide bonds. The third kappa shape index (κ3) is 3.71. The van der Waals surface area contributed by atoms with E-state index in [0.29, 0.717) is 11.4 Å². The van der Waals surface area contributed by atoms with Crippen LogP contribution in [0.2, 0.25) is 5.02 Å². The molecule has 0 aromatic heterocycles. The smallest absolute Gasteiger partial charge is 0.337 e. The maximum Gasteiger partial charge on any atom is 0.338 e. The number of hydrogen-bond acceptors (Lipinski definition) is 4. The molecule has 0 atom stereocenters. The fraction of sp³-hybridized carbons (Fsp3) is 0.333. The molecule has 0 saturated carbocycles. The number of benzene rings is 1. The molecule has 6 nitrogen and oxygen atoms in total. The van der Waals surface area contributed by atoms with Gasteiger partial charge in [-0.25, -0.2) is 13.2 Å². The minimum absolute atomic E-state index is 0.177. The van der Waals surface area contributed by atoms with Crippen LogP contribution in [0.5, 0.6) is 0 Å². The molecular weight excluding hydrogens is 304 g/mol. The average molecular weight is 319 g/mol. The van der Waals surface area contributed by atoms with E-state index in [9.17, 15) is 18.0 Å². The number of rotatable bonds is 4. The molecule has 0 bridgehead atoms. The van der Waals surface area contributed by atoms with E-state index >= 15 is 0 Å². The first-order valence-electron chi connectivity index (χ1n) is 5.90. The van der Waals surface area contributed by atoms with Crippen LogP contribution in [-0.2, 0) is 14.8 Å². The van der Waals surface area contributed by atoms with Crippen LogP contribution in [0.4, 0.5) is 4.79 Å². The number of halogens is 1. The van der Waals surface area contributed by atoms with Gasteiger partial charge >= 0.3 is 6.03 Å². The molecule has 110 valence electrons. The van der Waals surface area contributed by atoms with E-state index in [1.807, 2.05) is 6.92 Å². The van der Waals surface area contributed by atoms with Gasteiger partial charge in [0.05, 0.1) is 4.90 Å². The first-order valence-corrected chi connectivity index (χ1v) is 7.71. The summed E-state index contributed by atoms with van der Waals surface area (Å²) in [5.41, 5.74) is 0. The van der Waals surface area contributed by atoms with Crippen molar-refractivity contribution in [3.8, 4) is 0 Å². The Morgan fingerprint density at radius 2 is 1.80 bits per heavy atom.